The first kappa shape index (κ1) is 16.2. The molecule has 0 bridgehead atoms. The largest absolute Gasteiger partial charge is 0.461 e. The summed E-state index contributed by atoms with van der Waals surface area (Å²) in [5, 5.41) is 8.30. The minimum Gasteiger partial charge on any atom is -0.461 e. The summed E-state index contributed by atoms with van der Waals surface area (Å²) >= 11 is 0. The van der Waals surface area contributed by atoms with Gasteiger partial charge in [0, 0.05) is 18.7 Å². The molecular formula is C20H22N2O2. The summed E-state index contributed by atoms with van der Waals surface area (Å²) in [6.45, 7) is 1.78. The highest BCUT2D eigenvalue weighted by atomic mass is 16.5. The van der Waals surface area contributed by atoms with Crippen LogP contribution in [0.3, 0.4) is 0 Å². The summed E-state index contributed by atoms with van der Waals surface area (Å²) in [6.07, 6.45) is 1.48. The van der Waals surface area contributed by atoms with Gasteiger partial charge in [0.2, 0.25) is 0 Å². The van der Waals surface area contributed by atoms with Crippen LogP contribution in [0, 0.1) is 11.3 Å². The van der Waals surface area contributed by atoms with Gasteiger partial charge < -0.3 is 9.64 Å². The number of esters is 1. The van der Waals surface area contributed by atoms with Crippen molar-refractivity contribution in [2.45, 2.75) is 19.4 Å². The third-order valence-corrected chi connectivity index (χ3v) is 4.42. The number of piperidine rings is 1. The molecule has 0 aliphatic carbocycles. The van der Waals surface area contributed by atoms with Gasteiger partial charge in [0.1, 0.15) is 12.4 Å². The van der Waals surface area contributed by atoms with Crippen LogP contribution in [0.5, 0.6) is 0 Å². The number of hydrogen-bond acceptors (Lipinski definition) is 3. The molecule has 1 saturated heterocycles. The molecule has 4 nitrogen and oxygen atoms in total. The molecular weight excluding hydrogens is 300 g/mol. The van der Waals surface area contributed by atoms with E-state index in [1.807, 2.05) is 65.6 Å². The second-order valence-electron chi connectivity index (χ2n) is 6.07. The van der Waals surface area contributed by atoms with E-state index < -0.39 is 0 Å². The predicted molar refractivity (Wildman–Crippen MR) is 93.8 cm³/mol. The third-order valence-electron chi connectivity index (χ3n) is 4.42. The van der Waals surface area contributed by atoms with E-state index in [1.165, 1.54) is 0 Å². The first-order valence-corrected chi connectivity index (χ1v) is 8.33. The van der Waals surface area contributed by atoms with Crippen LogP contribution >= 0.6 is 0 Å². The lowest BCUT2D eigenvalue weighted by atomic mass is 9.96. The zero-order valence-electron chi connectivity index (χ0n) is 13.7. The molecule has 0 unspecified atom stereocenters. The summed E-state index contributed by atoms with van der Waals surface area (Å²) < 4.78 is 5.44. The second-order valence-corrected chi connectivity index (χ2v) is 6.07. The quantitative estimate of drug-likeness (QED) is 0.533. The van der Waals surface area contributed by atoms with E-state index in [1.54, 1.807) is 0 Å². The molecule has 0 saturated carbocycles. The Hall–Kier alpha value is -2.62. The number of hydrogen-bond donors (Lipinski definition) is 1. The molecule has 0 radical (unpaired) electrons. The average molecular weight is 322 g/mol. The molecule has 0 spiro atoms. The molecule has 0 atom stereocenters. The van der Waals surface area contributed by atoms with Crippen molar-refractivity contribution >= 4 is 11.8 Å². The van der Waals surface area contributed by atoms with E-state index in [0.29, 0.717) is 12.4 Å². The highest BCUT2D eigenvalue weighted by Crippen LogP contribution is 2.21. The van der Waals surface area contributed by atoms with Gasteiger partial charge in [0.15, 0.2) is 0 Å². The Morgan fingerprint density at radius 1 is 1.00 bits per heavy atom. The SMILES string of the molecule is N=C(c1ccccc1)N1CCC(C(=O)OCc2ccccc2)CC1. The van der Waals surface area contributed by atoms with Crippen LogP contribution in [0.25, 0.3) is 0 Å². The lowest BCUT2D eigenvalue weighted by Gasteiger charge is -2.32. The second kappa shape index (κ2) is 7.77. The van der Waals surface area contributed by atoms with Crippen molar-refractivity contribution in [1.82, 2.24) is 4.90 Å². The van der Waals surface area contributed by atoms with Gasteiger partial charge >= 0.3 is 5.97 Å². The number of carbonyl (C=O) groups is 1. The summed E-state index contributed by atoms with van der Waals surface area (Å²) in [6, 6.07) is 19.5. The number of nitrogens with one attached hydrogen (secondary N) is 1. The van der Waals surface area contributed by atoms with Crippen LogP contribution < -0.4 is 0 Å². The lowest BCUT2D eigenvalue weighted by molar-refractivity contribution is -0.151. The van der Waals surface area contributed by atoms with Gasteiger partial charge in [0.05, 0.1) is 5.92 Å². The molecule has 124 valence electrons. The predicted octanol–water partition coefficient (Wildman–Crippen LogP) is 3.47. The van der Waals surface area contributed by atoms with E-state index in [0.717, 1.165) is 37.1 Å². The van der Waals surface area contributed by atoms with Gasteiger partial charge in [-0.2, -0.15) is 0 Å². The molecule has 1 heterocycles. The molecule has 1 aliphatic heterocycles. The van der Waals surface area contributed by atoms with Crippen molar-refractivity contribution in [1.29, 1.82) is 5.41 Å². The van der Waals surface area contributed by atoms with Crippen LogP contribution in [0.1, 0.15) is 24.0 Å². The van der Waals surface area contributed by atoms with Crippen LogP contribution in [-0.2, 0) is 16.1 Å². The van der Waals surface area contributed by atoms with E-state index in [4.69, 9.17) is 10.1 Å². The maximum Gasteiger partial charge on any atom is 0.309 e. The van der Waals surface area contributed by atoms with Gasteiger partial charge in [-0.1, -0.05) is 60.7 Å². The highest BCUT2D eigenvalue weighted by molar-refractivity contribution is 5.96. The van der Waals surface area contributed by atoms with Crippen LogP contribution in [0.4, 0.5) is 0 Å². The molecule has 0 aromatic heterocycles. The van der Waals surface area contributed by atoms with E-state index in [-0.39, 0.29) is 11.9 Å². The number of likely N-dealkylation sites (tertiary alicyclic amines) is 1. The van der Waals surface area contributed by atoms with Crippen molar-refractivity contribution < 1.29 is 9.53 Å². The molecule has 3 rings (SSSR count). The fraction of sp³-hybridized carbons (Fsp3) is 0.300. The van der Waals surface area contributed by atoms with Crippen molar-refractivity contribution in [2.24, 2.45) is 5.92 Å². The van der Waals surface area contributed by atoms with E-state index in [2.05, 4.69) is 0 Å². The van der Waals surface area contributed by atoms with Gasteiger partial charge in [0.25, 0.3) is 0 Å². The van der Waals surface area contributed by atoms with Crippen LogP contribution in [0.2, 0.25) is 0 Å². The average Bonchev–Trinajstić information content (AvgIpc) is 2.67. The Balaban J connectivity index is 1.48. The number of nitrogens with zero attached hydrogens (tertiary/aromatic N) is 1. The summed E-state index contributed by atoms with van der Waals surface area (Å²) in [7, 11) is 0. The fourth-order valence-electron chi connectivity index (χ4n) is 2.96. The molecule has 4 heteroatoms. The number of ether oxygens (including phenoxy) is 1. The Morgan fingerprint density at radius 2 is 1.58 bits per heavy atom. The third kappa shape index (κ3) is 4.02. The molecule has 24 heavy (non-hydrogen) atoms. The van der Waals surface area contributed by atoms with Crippen LogP contribution in [-0.4, -0.2) is 29.8 Å². The molecule has 1 fully saturated rings. The number of benzene rings is 2. The smallest absolute Gasteiger partial charge is 0.309 e. The maximum absolute atomic E-state index is 12.2. The Morgan fingerprint density at radius 3 is 2.21 bits per heavy atom. The van der Waals surface area contributed by atoms with Crippen molar-refractivity contribution in [3.8, 4) is 0 Å². The molecule has 1 N–H and O–H groups in total. The topological polar surface area (TPSA) is 53.4 Å². The van der Waals surface area contributed by atoms with Crippen LogP contribution in [0.15, 0.2) is 60.7 Å². The zero-order chi connectivity index (χ0) is 16.8. The minimum absolute atomic E-state index is 0.0615. The minimum atomic E-state index is -0.121. The summed E-state index contributed by atoms with van der Waals surface area (Å²) in [4.78, 5) is 14.3. The Bertz CT molecular complexity index is 677. The first-order chi connectivity index (χ1) is 11.7. The normalized spacial score (nSPS) is 15.1. The van der Waals surface area contributed by atoms with E-state index >= 15 is 0 Å². The maximum atomic E-state index is 12.2. The molecule has 2 aromatic carbocycles. The van der Waals surface area contributed by atoms with Gasteiger partial charge in [-0.25, -0.2) is 0 Å². The van der Waals surface area contributed by atoms with Gasteiger partial charge in [-0.3, -0.25) is 10.2 Å². The number of carbonyl (C=O) groups excluding carboxylic acids is 1. The number of rotatable bonds is 4. The molecule has 1 aliphatic rings. The van der Waals surface area contributed by atoms with Gasteiger partial charge in [-0.15, -0.1) is 0 Å². The molecule has 2 aromatic rings. The zero-order valence-corrected chi connectivity index (χ0v) is 13.7. The summed E-state index contributed by atoms with van der Waals surface area (Å²) in [5.41, 5.74) is 1.93. The lowest BCUT2D eigenvalue weighted by Crippen LogP contribution is -2.40. The summed E-state index contributed by atoms with van der Waals surface area (Å²) in [5.74, 6) is 0.352. The first-order valence-electron chi connectivity index (χ1n) is 8.33. The fourth-order valence-corrected chi connectivity index (χ4v) is 2.96. The highest BCUT2D eigenvalue weighted by Gasteiger charge is 2.27. The van der Waals surface area contributed by atoms with Crippen molar-refractivity contribution in [3.63, 3.8) is 0 Å². The van der Waals surface area contributed by atoms with E-state index in [9.17, 15) is 4.79 Å². The Labute approximate surface area is 142 Å². The molecule has 0 amide bonds. The standard InChI is InChI=1S/C20H22N2O2/c21-19(17-9-5-2-6-10-17)22-13-11-18(12-14-22)20(23)24-15-16-7-3-1-4-8-16/h1-10,18,21H,11-15H2. The monoisotopic (exact) mass is 322 g/mol. The Kier molecular flexibility index (Phi) is 5.26. The van der Waals surface area contributed by atoms with Crippen molar-refractivity contribution in [3.05, 3.63) is 71.8 Å². The van der Waals surface area contributed by atoms with Gasteiger partial charge in [-0.05, 0) is 18.4 Å². The van der Waals surface area contributed by atoms with Crippen molar-refractivity contribution in [2.75, 3.05) is 13.1 Å². The number of amidine groups is 1.